The first-order valence-electron chi connectivity index (χ1n) is 8.80. The molecule has 1 saturated carbocycles. The number of nitrogens with zero attached hydrogens (tertiary/aromatic N) is 2. The Morgan fingerprint density at radius 2 is 2.11 bits per heavy atom. The first-order valence-corrected chi connectivity index (χ1v) is 10.1. The second kappa shape index (κ2) is 7.01. The molecule has 2 aromatic heterocycles. The highest BCUT2D eigenvalue weighted by molar-refractivity contribution is 7.10. The molecule has 27 heavy (non-hydrogen) atoms. The third kappa shape index (κ3) is 3.54. The predicted molar refractivity (Wildman–Crippen MR) is 97.4 cm³/mol. The molecule has 4 rings (SSSR count). The number of aromatic nitrogens is 2. The number of alkyl halides is 3. The number of hydrogen-bond donors (Lipinski definition) is 2. The van der Waals surface area contributed by atoms with Crippen molar-refractivity contribution in [2.45, 2.75) is 56.4 Å². The minimum absolute atomic E-state index is 0.0255. The Morgan fingerprint density at radius 3 is 2.74 bits per heavy atom. The number of halogens is 4. The molecule has 0 spiro atoms. The first kappa shape index (κ1) is 18.6. The Kier molecular flexibility index (Phi) is 4.84. The van der Waals surface area contributed by atoms with E-state index in [-0.39, 0.29) is 29.0 Å². The third-order valence-electron chi connectivity index (χ3n) is 5.09. The molecule has 0 bridgehead atoms. The molecular formula is C17H18ClF3N4OS. The van der Waals surface area contributed by atoms with E-state index in [1.807, 2.05) is 5.38 Å². The molecule has 1 fully saturated rings. The molecule has 2 N–H and O–H groups in total. The molecule has 2 aliphatic rings. The van der Waals surface area contributed by atoms with Crippen molar-refractivity contribution in [3.05, 3.63) is 33.1 Å². The van der Waals surface area contributed by atoms with Crippen molar-refractivity contribution in [2.75, 3.05) is 5.32 Å². The molecule has 5 nitrogen and oxygen atoms in total. The lowest BCUT2D eigenvalue weighted by Gasteiger charge is -2.32. The van der Waals surface area contributed by atoms with Gasteiger partial charge >= 0.3 is 6.18 Å². The fourth-order valence-electron chi connectivity index (χ4n) is 3.73. The van der Waals surface area contributed by atoms with Gasteiger partial charge in [-0.15, -0.1) is 11.3 Å². The summed E-state index contributed by atoms with van der Waals surface area (Å²) in [6.45, 7) is 0. The Morgan fingerprint density at radius 1 is 1.37 bits per heavy atom. The largest absolute Gasteiger partial charge is 0.410 e. The molecule has 0 radical (unpaired) electrons. The van der Waals surface area contributed by atoms with Crippen LogP contribution in [-0.4, -0.2) is 27.9 Å². The average Bonchev–Trinajstić information content (AvgIpc) is 3.35. The van der Waals surface area contributed by atoms with Gasteiger partial charge in [-0.1, -0.05) is 30.5 Å². The number of anilines is 1. The predicted octanol–water partition coefficient (Wildman–Crippen LogP) is 4.93. The quantitative estimate of drug-likeness (QED) is 0.743. The van der Waals surface area contributed by atoms with Gasteiger partial charge in [-0.2, -0.15) is 18.3 Å². The van der Waals surface area contributed by atoms with E-state index in [9.17, 15) is 18.0 Å². The van der Waals surface area contributed by atoms with Crippen LogP contribution in [0.25, 0.3) is 0 Å². The van der Waals surface area contributed by atoms with Crippen LogP contribution in [0.3, 0.4) is 0 Å². The van der Waals surface area contributed by atoms with Crippen LogP contribution >= 0.6 is 22.9 Å². The molecule has 146 valence electrons. The van der Waals surface area contributed by atoms with Gasteiger partial charge in [0.15, 0.2) is 11.7 Å². The Balaban J connectivity index is 1.67. The third-order valence-corrected chi connectivity index (χ3v) is 6.43. The zero-order valence-electron chi connectivity index (χ0n) is 14.2. The molecular weight excluding hydrogens is 401 g/mol. The maximum Gasteiger partial charge on any atom is 0.410 e. The van der Waals surface area contributed by atoms with Crippen LogP contribution in [0.1, 0.15) is 59.6 Å². The van der Waals surface area contributed by atoms with Gasteiger partial charge < -0.3 is 10.6 Å². The molecule has 1 aliphatic carbocycles. The fourth-order valence-corrected chi connectivity index (χ4v) is 4.79. The van der Waals surface area contributed by atoms with Gasteiger partial charge in [0, 0.05) is 17.3 Å². The number of thiophene rings is 1. The van der Waals surface area contributed by atoms with Crippen LogP contribution in [0.15, 0.2) is 17.5 Å². The van der Waals surface area contributed by atoms with Crippen molar-refractivity contribution in [3.8, 4) is 0 Å². The van der Waals surface area contributed by atoms with Gasteiger partial charge in [-0.05, 0) is 24.3 Å². The normalized spacial score (nSPS) is 23.1. The van der Waals surface area contributed by atoms with Crippen molar-refractivity contribution in [3.63, 3.8) is 0 Å². The van der Waals surface area contributed by atoms with Gasteiger partial charge in [-0.3, -0.25) is 4.79 Å². The lowest BCUT2D eigenvalue weighted by atomic mass is 10.0. The van der Waals surface area contributed by atoms with Crippen molar-refractivity contribution in [1.29, 1.82) is 0 Å². The highest BCUT2D eigenvalue weighted by Crippen LogP contribution is 2.46. The summed E-state index contributed by atoms with van der Waals surface area (Å²) < 4.78 is 41.8. The molecule has 0 saturated heterocycles. The summed E-state index contributed by atoms with van der Waals surface area (Å²) in [6, 6.07) is 1.22. The SMILES string of the molecule is O=C(NC1CCCC1)c1nn2c(c1Cl)N[C@@H](c1cccs1)C[C@@H]2C(F)(F)F. The summed E-state index contributed by atoms with van der Waals surface area (Å²) in [5.74, 6) is -0.482. The van der Waals surface area contributed by atoms with Crippen molar-refractivity contribution >= 4 is 34.7 Å². The number of fused-ring (bicyclic) bond motifs is 1. The second-order valence-electron chi connectivity index (χ2n) is 6.92. The minimum Gasteiger partial charge on any atom is -0.361 e. The number of nitrogens with one attached hydrogen (secondary N) is 2. The van der Waals surface area contributed by atoms with E-state index < -0.39 is 24.2 Å². The Labute approximate surface area is 162 Å². The van der Waals surface area contributed by atoms with Crippen LogP contribution in [0, 0.1) is 0 Å². The summed E-state index contributed by atoms with van der Waals surface area (Å²) in [5.41, 5.74) is -0.160. The number of rotatable bonds is 3. The maximum absolute atomic E-state index is 13.7. The standard InChI is InChI=1S/C17H18ClF3N4OS/c18-13-14(16(26)22-9-4-1-2-5-9)24-25-12(17(19,20)21)8-10(23-15(13)25)11-6-3-7-27-11/h3,6-7,9-10,12,23H,1-2,4-5,8H2,(H,22,26)/t10-,12-/m1/s1. The van der Waals surface area contributed by atoms with Crippen LogP contribution in [0.4, 0.5) is 19.0 Å². The van der Waals surface area contributed by atoms with Gasteiger partial charge in [0.05, 0.1) is 6.04 Å². The van der Waals surface area contributed by atoms with Crippen LogP contribution in [0.5, 0.6) is 0 Å². The van der Waals surface area contributed by atoms with E-state index in [2.05, 4.69) is 15.7 Å². The van der Waals surface area contributed by atoms with Crippen LogP contribution < -0.4 is 10.6 Å². The van der Waals surface area contributed by atoms with Gasteiger partial charge in [-0.25, -0.2) is 4.68 Å². The van der Waals surface area contributed by atoms with Crippen LogP contribution in [0.2, 0.25) is 5.02 Å². The smallest absolute Gasteiger partial charge is 0.361 e. The average molecular weight is 419 g/mol. The van der Waals surface area contributed by atoms with E-state index in [1.165, 1.54) is 11.3 Å². The zero-order chi connectivity index (χ0) is 19.2. The molecule has 1 aliphatic heterocycles. The topological polar surface area (TPSA) is 59.0 Å². The van der Waals surface area contributed by atoms with Crippen molar-refractivity contribution < 1.29 is 18.0 Å². The van der Waals surface area contributed by atoms with E-state index in [4.69, 9.17) is 11.6 Å². The van der Waals surface area contributed by atoms with E-state index in [0.717, 1.165) is 35.2 Å². The zero-order valence-corrected chi connectivity index (χ0v) is 15.8. The monoisotopic (exact) mass is 418 g/mol. The highest BCUT2D eigenvalue weighted by Gasteiger charge is 2.48. The van der Waals surface area contributed by atoms with Gasteiger partial charge in [0.2, 0.25) is 0 Å². The lowest BCUT2D eigenvalue weighted by Crippen LogP contribution is -2.36. The fraction of sp³-hybridized carbons (Fsp3) is 0.529. The summed E-state index contributed by atoms with van der Waals surface area (Å²) in [5, 5.41) is 11.6. The molecule has 0 aromatic carbocycles. The van der Waals surface area contributed by atoms with E-state index in [0.29, 0.717) is 0 Å². The van der Waals surface area contributed by atoms with E-state index >= 15 is 0 Å². The summed E-state index contributed by atoms with van der Waals surface area (Å²) >= 11 is 7.67. The summed E-state index contributed by atoms with van der Waals surface area (Å²) in [6.07, 6.45) is -0.932. The molecule has 2 atom stereocenters. The van der Waals surface area contributed by atoms with Gasteiger partial charge in [0.1, 0.15) is 10.8 Å². The van der Waals surface area contributed by atoms with Crippen molar-refractivity contribution in [2.24, 2.45) is 0 Å². The summed E-state index contributed by atoms with van der Waals surface area (Å²) in [4.78, 5) is 13.3. The lowest BCUT2D eigenvalue weighted by molar-refractivity contribution is -0.173. The first-order chi connectivity index (χ1) is 12.8. The van der Waals surface area contributed by atoms with Gasteiger partial charge in [0.25, 0.3) is 5.91 Å². The summed E-state index contributed by atoms with van der Waals surface area (Å²) in [7, 11) is 0. The maximum atomic E-state index is 13.7. The highest BCUT2D eigenvalue weighted by atomic mass is 35.5. The van der Waals surface area contributed by atoms with Crippen LogP contribution in [-0.2, 0) is 0 Å². The van der Waals surface area contributed by atoms with E-state index in [1.54, 1.807) is 12.1 Å². The molecule has 1 amide bonds. The van der Waals surface area contributed by atoms with Crippen molar-refractivity contribution in [1.82, 2.24) is 15.1 Å². The Hall–Kier alpha value is -1.74. The number of carbonyl (C=O) groups is 1. The number of amides is 1. The number of carbonyl (C=O) groups excluding carboxylic acids is 1. The minimum atomic E-state index is -4.50. The molecule has 0 unspecified atom stereocenters. The second-order valence-corrected chi connectivity index (χ2v) is 8.27. The molecule has 2 aromatic rings. The number of hydrogen-bond acceptors (Lipinski definition) is 4. The Bertz CT molecular complexity index is 830. The molecule has 3 heterocycles. The molecule has 10 heteroatoms.